The van der Waals surface area contributed by atoms with Crippen molar-refractivity contribution >= 4 is 22.6 Å². The Labute approximate surface area is 117 Å². The van der Waals surface area contributed by atoms with Gasteiger partial charge >= 0.3 is 0 Å². The second kappa shape index (κ2) is 5.98. The van der Waals surface area contributed by atoms with Crippen molar-refractivity contribution in [1.29, 1.82) is 5.26 Å². The molecular weight excluding hydrogens is 258 g/mol. The van der Waals surface area contributed by atoms with E-state index in [1.165, 1.54) is 0 Å². The molecule has 1 N–H and O–H groups in total. The van der Waals surface area contributed by atoms with E-state index < -0.39 is 0 Å². The van der Waals surface area contributed by atoms with Gasteiger partial charge in [-0.3, -0.25) is 4.99 Å². The predicted molar refractivity (Wildman–Crippen MR) is 79.9 cm³/mol. The van der Waals surface area contributed by atoms with Crippen molar-refractivity contribution in [3.63, 3.8) is 0 Å². The van der Waals surface area contributed by atoms with Gasteiger partial charge in [0.15, 0.2) is 5.17 Å². The average Bonchev–Trinajstić information content (AvgIpc) is 2.88. The Morgan fingerprint density at radius 3 is 2.89 bits per heavy atom. The lowest BCUT2D eigenvalue weighted by molar-refractivity contribution is 0.417. The molecule has 0 saturated carbocycles. The zero-order chi connectivity index (χ0) is 13.8. The lowest BCUT2D eigenvalue weighted by Gasteiger charge is -2.10. The topological polar surface area (TPSA) is 57.4 Å². The number of methoxy groups -OCH3 is 1. The maximum Gasteiger partial charge on any atom is 0.161 e. The molecule has 0 amide bonds. The van der Waals surface area contributed by atoms with Crippen molar-refractivity contribution in [3.8, 4) is 11.8 Å². The van der Waals surface area contributed by atoms with Gasteiger partial charge in [0.1, 0.15) is 5.75 Å². The molecule has 0 spiro atoms. The molecule has 0 fully saturated rings. The van der Waals surface area contributed by atoms with Crippen LogP contribution in [0.3, 0.4) is 0 Å². The van der Waals surface area contributed by atoms with Gasteiger partial charge in [0, 0.05) is 11.8 Å². The first-order chi connectivity index (χ1) is 9.13. The van der Waals surface area contributed by atoms with Gasteiger partial charge in [0.25, 0.3) is 0 Å². The van der Waals surface area contributed by atoms with Gasteiger partial charge in [0.05, 0.1) is 30.5 Å². The molecule has 1 heterocycles. The molecule has 0 aliphatic carbocycles. The Bertz CT molecular complexity index is 534. The zero-order valence-corrected chi connectivity index (χ0v) is 12.1. The van der Waals surface area contributed by atoms with E-state index in [1.807, 2.05) is 6.07 Å². The fraction of sp³-hybridized carbons (Fsp3) is 0.429. The van der Waals surface area contributed by atoms with E-state index in [-0.39, 0.29) is 0 Å². The van der Waals surface area contributed by atoms with Gasteiger partial charge < -0.3 is 10.1 Å². The SMILES string of the molecule is COc1cc(C#N)ccc1NC1=NC(C(C)C)CS1. The molecule has 1 aromatic carbocycles. The van der Waals surface area contributed by atoms with Crippen molar-refractivity contribution in [1.82, 2.24) is 0 Å². The number of ether oxygens (including phenoxy) is 1. The summed E-state index contributed by atoms with van der Waals surface area (Å²) < 4.78 is 5.29. The molecule has 1 unspecified atom stereocenters. The number of amidine groups is 1. The third kappa shape index (κ3) is 3.21. The van der Waals surface area contributed by atoms with Crippen LogP contribution in [-0.4, -0.2) is 24.1 Å². The highest BCUT2D eigenvalue weighted by Gasteiger charge is 2.21. The first kappa shape index (κ1) is 13.8. The number of hydrogen-bond acceptors (Lipinski definition) is 5. The number of nitriles is 1. The minimum absolute atomic E-state index is 0.372. The molecule has 0 saturated heterocycles. The summed E-state index contributed by atoms with van der Waals surface area (Å²) >= 11 is 1.72. The van der Waals surface area contributed by atoms with Gasteiger partial charge in [-0.05, 0) is 18.1 Å². The number of nitrogens with one attached hydrogen (secondary N) is 1. The summed E-state index contributed by atoms with van der Waals surface area (Å²) in [6, 6.07) is 7.82. The van der Waals surface area contributed by atoms with Crippen LogP contribution < -0.4 is 10.1 Å². The molecule has 0 radical (unpaired) electrons. The number of nitrogens with zero attached hydrogens (tertiary/aromatic N) is 2. The largest absolute Gasteiger partial charge is 0.495 e. The summed E-state index contributed by atoms with van der Waals surface area (Å²) in [6.07, 6.45) is 0. The Morgan fingerprint density at radius 2 is 2.32 bits per heavy atom. The van der Waals surface area contributed by atoms with Crippen LogP contribution in [-0.2, 0) is 0 Å². The fourth-order valence-corrected chi connectivity index (χ4v) is 2.96. The standard InChI is InChI=1S/C14H17N3OS/c1-9(2)12-8-19-14(17-12)16-11-5-4-10(7-15)6-13(11)18-3/h4-6,9,12H,8H2,1-3H3,(H,16,17). The van der Waals surface area contributed by atoms with Crippen molar-refractivity contribution in [3.05, 3.63) is 23.8 Å². The minimum Gasteiger partial charge on any atom is -0.495 e. The summed E-state index contributed by atoms with van der Waals surface area (Å²) in [7, 11) is 1.60. The minimum atomic E-state index is 0.372. The van der Waals surface area contributed by atoms with Crippen molar-refractivity contribution in [2.45, 2.75) is 19.9 Å². The summed E-state index contributed by atoms with van der Waals surface area (Å²) in [6.45, 7) is 4.36. The third-order valence-electron chi connectivity index (χ3n) is 3.02. The normalized spacial score (nSPS) is 18.1. The smallest absolute Gasteiger partial charge is 0.161 e. The van der Waals surface area contributed by atoms with Crippen LogP contribution in [0.15, 0.2) is 23.2 Å². The highest BCUT2D eigenvalue weighted by Crippen LogP contribution is 2.29. The maximum absolute atomic E-state index is 8.87. The van der Waals surface area contributed by atoms with E-state index in [2.05, 4.69) is 30.2 Å². The second-order valence-electron chi connectivity index (χ2n) is 4.71. The second-order valence-corrected chi connectivity index (χ2v) is 5.72. The van der Waals surface area contributed by atoms with Crippen molar-refractivity contribution < 1.29 is 4.74 Å². The van der Waals surface area contributed by atoms with E-state index in [4.69, 9.17) is 10.00 Å². The van der Waals surface area contributed by atoms with Gasteiger partial charge in [-0.15, -0.1) is 0 Å². The van der Waals surface area contributed by atoms with Crippen LogP contribution in [0, 0.1) is 17.2 Å². The van der Waals surface area contributed by atoms with E-state index in [0.29, 0.717) is 23.3 Å². The Morgan fingerprint density at radius 1 is 1.53 bits per heavy atom. The molecular formula is C14H17N3OS. The number of hydrogen-bond donors (Lipinski definition) is 1. The molecule has 0 aromatic heterocycles. The number of rotatable bonds is 3. The van der Waals surface area contributed by atoms with E-state index in [9.17, 15) is 0 Å². The average molecular weight is 275 g/mol. The van der Waals surface area contributed by atoms with Crippen LogP contribution in [0.5, 0.6) is 5.75 Å². The van der Waals surface area contributed by atoms with Crippen LogP contribution in [0.4, 0.5) is 5.69 Å². The number of anilines is 1. The van der Waals surface area contributed by atoms with Gasteiger partial charge in [-0.2, -0.15) is 5.26 Å². The Balaban J connectivity index is 2.16. The highest BCUT2D eigenvalue weighted by atomic mass is 32.2. The molecule has 1 aromatic rings. The van der Waals surface area contributed by atoms with Gasteiger partial charge in [0.2, 0.25) is 0 Å². The lowest BCUT2D eigenvalue weighted by atomic mass is 10.1. The molecule has 1 atom stereocenters. The van der Waals surface area contributed by atoms with Crippen LogP contribution >= 0.6 is 11.8 Å². The van der Waals surface area contributed by atoms with Gasteiger partial charge in [-0.1, -0.05) is 25.6 Å². The molecule has 1 aliphatic rings. The molecule has 1 aliphatic heterocycles. The zero-order valence-electron chi connectivity index (χ0n) is 11.3. The summed E-state index contributed by atoms with van der Waals surface area (Å²) in [5.74, 6) is 2.23. The lowest BCUT2D eigenvalue weighted by Crippen LogP contribution is -2.12. The predicted octanol–water partition coefficient (Wildman–Crippen LogP) is 3.11. The molecule has 4 nitrogen and oxygen atoms in total. The first-order valence-electron chi connectivity index (χ1n) is 6.19. The molecule has 19 heavy (non-hydrogen) atoms. The molecule has 0 bridgehead atoms. The molecule has 5 heteroatoms. The maximum atomic E-state index is 8.87. The molecule has 100 valence electrons. The quantitative estimate of drug-likeness (QED) is 0.921. The molecule has 2 rings (SSSR count). The van der Waals surface area contributed by atoms with Crippen LogP contribution in [0.25, 0.3) is 0 Å². The van der Waals surface area contributed by atoms with Crippen molar-refractivity contribution in [2.24, 2.45) is 10.9 Å². The van der Waals surface area contributed by atoms with E-state index >= 15 is 0 Å². The monoisotopic (exact) mass is 275 g/mol. The Hall–Kier alpha value is -1.67. The summed E-state index contributed by atoms with van der Waals surface area (Å²) in [5.41, 5.74) is 1.43. The third-order valence-corrected chi connectivity index (χ3v) is 4.00. The van der Waals surface area contributed by atoms with E-state index in [0.717, 1.165) is 16.6 Å². The van der Waals surface area contributed by atoms with Crippen LogP contribution in [0.2, 0.25) is 0 Å². The summed E-state index contributed by atoms with van der Waals surface area (Å²) in [5, 5.41) is 13.1. The first-order valence-corrected chi connectivity index (χ1v) is 7.18. The van der Waals surface area contributed by atoms with Crippen molar-refractivity contribution in [2.75, 3.05) is 18.2 Å². The fourth-order valence-electron chi connectivity index (χ4n) is 1.78. The van der Waals surface area contributed by atoms with Gasteiger partial charge in [-0.25, -0.2) is 0 Å². The number of thioether (sulfide) groups is 1. The number of aliphatic imine (C=N–C) groups is 1. The summed E-state index contributed by atoms with van der Waals surface area (Å²) in [4.78, 5) is 4.65. The number of benzene rings is 1. The Kier molecular flexibility index (Phi) is 4.33. The van der Waals surface area contributed by atoms with E-state index in [1.54, 1.807) is 31.0 Å². The highest BCUT2D eigenvalue weighted by molar-refractivity contribution is 8.14. The van der Waals surface area contributed by atoms with Crippen LogP contribution in [0.1, 0.15) is 19.4 Å².